The summed E-state index contributed by atoms with van der Waals surface area (Å²) in [5.74, 6) is -0.156. The molecule has 0 atom stereocenters. The Morgan fingerprint density at radius 3 is 2.34 bits per heavy atom. The molecule has 2 aromatic heterocycles. The smallest absolute Gasteiger partial charge is 0.392 e. The van der Waals surface area contributed by atoms with Crippen molar-refractivity contribution in [3.8, 4) is 0 Å². The minimum atomic E-state index is -4.63. The van der Waals surface area contributed by atoms with Crippen molar-refractivity contribution in [3.63, 3.8) is 0 Å². The maximum Gasteiger partial charge on any atom is 0.416 e. The lowest BCUT2D eigenvalue weighted by molar-refractivity contribution is -0.138. The zero-order valence-corrected chi connectivity index (χ0v) is 22.7. The average molecular weight is 553 g/mol. The Labute approximate surface area is 219 Å². The number of aliphatic hydroxyl groups is 1. The van der Waals surface area contributed by atoms with Gasteiger partial charge in [0.05, 0.1) is 35.1 Å². The number of nitrogens with zero attached hydrogens (tertiary/aromatic N) is 3. The largest absolute Gasteiger partial charge is 0.416 e. The number of rotatable bonds is 8. The monoisotopic (exact) mass is 552 g/mol. The van der Waals surface area contributed by atoms with Gasteiger partial charge in [-0.3, -0.25) is 9.78 Å². The number of carbonyl (C=O) groups excluding carboxylic acids is 1. The predicted octanol–water partition coefficient (Wildman–Crippen LogP) is 4.17. The number of hydrogen-bond donors (Lipinski definition) is 2. The number of alkyl halides is 3. The quantitative estimate of drug-likeness (QED) is 0.434. The molecule has 0 saturated heterocycles. The Bertz CT molecular complexity index is 1420. The lowest BCUT2D eigenvalue weighted by Gasteiger charge is -2.22. The fourth-order valence-corrected chi connectivity index (χ4v) is 4.75. The summed E-state index contributed by atoms with van der Waals surface area (Å²) in [4.78, 5) is 21.7. The van der Waals surface area contributed by atoms with E-state index in [9.17, 15) is 31.5 Å². The molecule has 12 heteroatoms. The summed E-state index contributed by atoms with van der Waals surface area (Å²) in [5, 5.41) is 12.0. The molecule has 8 nitrogen and oxygen atoms in total. The van der Waals surface area contributed by atoms with Crippen molar-refractivity contribution >= 4 is 15.7 Å². The molecule has 2 N–H and O–H groups in total. The molecule has 1 aromatic carbocycles. The van der Waals surface area contributed by atoms with Crippen LogP contribution in [0.3, 0.4) is 0 Å². The number of sulfone groups is 1. The SMILES string of the molecule is CCS(=O)(=O)c1ccc(CNC(=O)c2nc(C(C)(C)C)n(Cc3ccc(CO)cc3C(F)(F)F)c2C)nc1. The third-order valence-corrected chi connectivity index (χ3v) is 7.78. The van der Waals surface area contributed by atoms with Crippen LogP contribution in [0.1, 0.15) is 72.1 Å². The second-order valence-electron chi connectivity index (χ2n) is 9.92. The number of halogens is 3. The average Bonchev–Trinajstić information content (AvgIpc) is 3.18. The van der Waals surface area contributed by atoms with Crippen LogP contribution in [0, 0.1) is 6.92 Å². The molecule has 3 aromatic rings. The third kappa shape index (κ3) is 6.41. The van der Waals surface area contributed by atoms with Gasteiger partial charge in [0.1, 0.15) is 11.5 Å². The van der Waals surface area contributed by atoms with Crippen molar-refractivity contribution in [3.05, 3.63) is 76.1 Å². The first-order chi connectivity index (χ1) is 17.6. The van der Waals surface area contributed by atoms with Crippen molar-refractivity contribution in [2.45, 2.75) is 70.8 Å². The second-order valence-corrected chi connectivity index (χ2v) is 12.2. The fourth-order valence-electron chi connectivity index (χ4n) is 3.93. The van der Waals surface area contributed by atoms with Gasteiger partial charge in [-0.2, -0.15) is 13.2 Å². The molecule has 206 valence electrons. The van der Waals surface area contributed by atoms with Gasteiger partial charge in [0.15, 0.2) is 9.84 Å². The highest BCUT2D eigenvalue weighted by Gasteiger charge is 2.35. The molecule has 0 aliphatic rings. The van der Waals surface area contributed by atoms with E-state index >= 15 is 0 Å². The molecule has 3 rings (SSSR count). The van der Waals surface area contributed by atoms with E-state index in [0.29, 0.717) is 17.2 Å². The normalized spacial score (nSPS) is 12.6. The van der Waals surface area contributed by atoms with Gasteiger partial charge in [-0.15, -0.1) is 0 Å². The van der Waals surface area contributed by atoms with Gasteiger partial charge >= 0.3 is 6.18 Å². The number of benzene rings is 1. The van der Waals surface area contributed by atoms with Gasteiger partial charge in [0.2, 0.25) is 0 Å². The van der Waals surface area contributed by atoms with E-state index in [0.717, 1.165) is 6.07 Å². The number of nitrogens with one attached hydrogen (secondary N) is 1. The standard InChI is InChI=1S/C26H31F3N4O4S/c1-6-38(36,37)20-10-9-19(30-13-20)12-31-23(35)22-16(2)33(24(32-22)25(3,4)5)14-18-8-7-17(15-34)11-21(18)26(27,28)29/h7-11,13,34H,6,12,14-15H2,1-5H3,(H,31,35). The molecule has 2 heterocycles. The van der Waals surface area contributed by atoms with Crippen molar-refractivity contribution in [1.82, 2.24) is 19.9 Å². The Kier molecular flexibility index (Phi) is 8.37. The summed E-state index contributed by atoms with van der Waals surface area (Å²) in [7, 11) is -3.40. The molecule has 0 saturated carbocycles. The van der Waals surface area contributed by atoms with Crippen LogP contribution in [0.15, 0.2) is 41.4 Å². The van der Waals surface area contributed by atoms with Crippen molar-refractivity contribution in [2.75, 3.05) is 5.75 Å². The van der Waals surface area contributed by atoms with Crippen LogP contribution in [0.2, 0.25) is 0 Å². The Morgan fingerprint density at radius 1 is 1.13 bits per heavy atom. The van der Waals surface area contributed by atoms with Crippen LogP contribution < -0.4 is 5.32 Å². The summed E-state index contributed by atoms with van der Waals surface area (Å²) in [6.07, 6.45) is -3.39. The van der Waals surface area contributed by atoms with E-state index in [-0.39, 0.29) is 40.6 Å². The number of aliphatic hydroxyl groups excluding tert-OH is 1. The van der Waals surface area contributed by atoms with E-state index in [1.807, 2.05) is 20.8 Å². The molecule has 0 aliphatic heterocycles. The maximum absolute atomic E-state index is 13.8. The van der Waals surface area contributed by atoms with Gasteiger partial charge in [-0.25, -0.2) is 13.4 Å². The third-order valence-electron chi connectivity index (χ3n) is 6.06. The molecule has 0 spiro atoms. The first-order valence-electron chi connectivity index (χ1n) is 11.9. The van der Waals surface area contributed by atoms with Crippen LogP contribution in [0.25, 0.3) is 0 Å². The summed E-state index contributed by atoms with van der Waals surface area (Å²) >= 11 is 0. The minimum Gasteiger partial charge on any atom is -0.392 e. The summed E-state index contributed by atoms with van der Waals surface area (Å²) < 4.78 is 66.9. The minimum absolute atomic E-state index is 0.00325. The Hall–Kier alpha value is -3.25. The summed E-state index contributed by atoms with van der Waals surface area (Å²) in [6.45, 7) is 8.02. The highest BCUT2D eigenvalue weighted by Crippen LogP contribution is 2.34. The molecule has 0 radical (unpaired) electrons. The lowest BCUT2D eigenvalue weighted by Crippen LogP contribution is -2.24. The highest BCUT2D eigenvalue weighted by atomic mass is 32.2. The van der Waals surface area contributed by atoms with Crippen LogP contribution >= 0.6 is 0 Å². The summed E-state index contributed by atoms with van der Waals surface area (Å²) in [6, 6.07) is 6.62. The van der Waals surface area contributed by atoms with Crippen molar-refractivity contribution < 1.29 is 31.5 Å². The van der Waals surface area contributed by atoms with Gasteiger partial charge in [0.25, 0.3) is 5.91 Å². The van der Waals surface area contributed by atoms with Gasteiger partial charge in [0, 0.05) is 23.9 Å². The number of pyridine rings is 1. The van der Waals surface area contributed by atoms with E-state index in [1.165, 1.54) is 37.4 Å². The number of amides is 1. The van der Waals surface area contributed by atoms with Gasteiger partial charge in [-0.1, -0.05) is 39.8 Å². The van der Waals surface area contributed by atoms with Crippen molar-refractivity contribution in [1.29, 1.82) is 0 Å². The van der Waals surface area contributed by atoms with E-state index in [2.05, 4.69) is 15.3 Å². The lowest BCUT2D eigenvalue weighted by atomic mass is 9.95. The molecule has 0 unspecified atom stereocenters. The van der Waals surface area contributed by atoms with E-state index in [4.69, 9.17) is 0 Å². The highest BCUT2D eigenvalue weighted by molar-refractivity contribution is 7.91. The number of hydrogen-bond acceptors (Lipinski definition) is 6. The number of aromatic nitrogens is 3. The second kappa shape index (κ2) is 10.9. The van der Waals surface area contributed by atoms with E-state index in [1.54, 1.807) is 11.5 Å². The molecule has 0 aliphatic carbocycles. The molecular weight excluding hydrogens is 521 g/mol. The van der Waals surface area contributed by atoms with Gasteiger partial charge < -0.3 is 15.0 Å². The molecule has 0 fully saturated rings. The molecule has 38 heavy (non-hydrogen) atoms. The molecule has 0 bridgehead atoms. The maximum atomic E-state index is 13.8. The first kappa shape index (κ1) is 29.3. The fraction of sp³-hybridized carbons (Fsp3) is 0.423. The van der Waals surface area contributed by atoms with Crippen LogP contribution in [0.5, 0.6) is 0 Å². The molecule has 1 amide bonds. The first-order valence-corrected chi connectivity index (χ1v) is 13.6. The Morgan fingerprint density at radius 2 is 1.82 bits per heavy atom. The van der Waals surface area contributed by atoms with Crippen LogP contribution in [0.4, 0.5) is 13.2 Å². The molecular formula is C26H31F3N4O4S. The van der Waals surface area contributed by atoms with Gasteiger partial charge in [-0.05, 0) is 36.2 Å². The zero-order valence-electron chi connectivity index (χ0n) is 21.8. The van der Waals surface area contributed by atoms with Crippen LogP contribution in [-0.4, -0.2) is 39.7 Å². The topological polar surface area (TPSA) is 114 Å². The predicted molar refractivity (Wildman–Crippen MR) is 135 cm³/mol. The zero-order chi connectivity index (χ0) is 28.5. The van der Waals surface area contributed by atoms with Crippen molar-refractivity contribution in [2.24, 2.45) is 0 Å². The van der Waals surface area contributed by atoms with E-state index < -0.39 is 39.5 Å². The number of imidazole rings is 1. The summed E-state index contributed by atoms with van der Waals surface area (Å²) in [5.41, 5.74) is -0.422. The number of carbonyl (C=O) groups is 1. The Balaban J connectivity index is 1.91. The van der Waals surface area contributed by atoms with Crippen LogP contribution in [-0.2, 0) is 41.1 Å².